The zero-order chi connectivity index (χ0) is 26.1. The van der Waals surface area contributed by atoms with Crippen LogP contribution in [0.3, 0.4) is 0 Å². The molecule has 2 saturated heterocycles. The van der Waals surface area contributed by atoms with E-state index in [-0.39, 0.29) is 5.56 Å². The number of likely N-dealkylation sites (N-methyl/N-ethyl adjacent to an activating group) is 1. The van der Waals surface area contributed by atoms with Crippen molar-refractivity contribution in [1.82, 2.24) is 14.8 Å². The Kier molecular flexibility index (Phi) is 7.72. The van der Waals surface area contributed by atoms with E-state index in [1.54, 1.807) is 17.8 Å². The zero-order valence-corrected chi connectivity index (χ0v) is 23.7. The lowest BCUT2D eigenvalue weighted by Crippen LogP contribution is -2.47. The third kappa shape index (κ3) is 5.77. The first-order valence-electron chi connectivity index (χ1n) is 13.4. The van der Waals surface area contributed by atoms with Gasteiger partial charge >= 0.3 is 0 Å². The van der Waals surface area contributed by atoms with Crippen molar-refractivity contribution in [3.05, 3.63) is 58.9 Å². The van der Waals surface area contributed by atoms with Gasteiger partial charge in [-0.15, -0.1) is 0 Å². The molecule has 0 spiro atoms. The lowest BCUT2D eigenvalue weighted by atomic mass is 10.1. The number of aromatic nitrogens is 1. The summed E-state index contributed by atoms with van der Waals surface area (Å²) in [5.74, 6) is 0. The highest BCUT2D eigenvalue weighted by Crippen LogP contribution is 2.52. The molecule has 1 unspecified atom stereocenters. The van der Waals surface area contributed by atoms with Crippen molar-refractivity contribution in [2.24, 2.45) is 0 Å². The summed E-state index contributed by atoms with van der Waals surface area (Å²) in [6.45, 7) is 10.9. The quantitative estimate of drug-likeness (QED) is 0.364. The topological polar surface area (TPSA) is 63.8 Å². The standard InChI is InChI=1S/C29H35N5O2S2/c1-20(19-33-10-8-32(2)9-11-33)30-21-6-7-25-27(16-21)37-26-5-3-4-23(29(26)38-25)24-17-22(18-28(35)31-24)34-12-14-36-15-13-34/h3-7,16-18,20,30H,8-15,19H2,1-2H3,(H,31,35). The molecule has 3 aliphatic heterocycles. The summed E-state index contributed by atoms with van der Waals surface area (Å²) in [4.78, 5) is 27.8. The Bertz CT molecular complexity index is 1350. The van der Waals surface area contributed by atoms with Gasteiger partial charge in [-0.25, -0.2) is 0 Å². The average Bonchev–Trinajstić information content (AvgIpc) is 2.93. The first-order chi connectivity index (χ1) is 18.5. The number of benzene rings is 2. The number of piperazine rings is 1. The monoisotopic (exact) mass is 549 g/mol. The molecule has 2 fully saturated rings. The molecule has 3 aromatic rings. The predicted octanol–water partition coefficient (Wildman–Crippen LogP) is 4.54. The maximum Gasteiger partial charge on any atom is 0.250 e. The van der Waals surface area contributed by atoms with E-state index in [1.807, 2.05) is 11.8 Å². The minimum Gasteiger partial charge on any atom is -0.381 e. The van der Waals surface area contributed by atoms with Crippen molar-refractivity contribution in [2.75, 3.05) is 76.3 Å². The second-order valence-electron chi connectivity index (χ2n) is 10.4. The van der Waals surface area contributed by atoms with Crippen molar-refractivity contribution in [1.29, 1.82) is 0 Å². The van der Waals surface area contributed by atoms with Crippen LogP contribution < -0.4 is 15.8 Å². The van der Waals surface area contributed by atoms with Crippen LogP contribution in [0.1, 0.15) is 6.92 Å². The highest BCUT2D eigenvalue weighted by atomic mass is 32.2. The lowest BCUT2D eigenvalue weighted by Gasteiger charge is -2.34. The first-order valence-corrected chi connectivity index (χ1v) is 15.0. The zero-order valence-electron chi connectivity index (χ0n) is 22.0. The number of anilines is 2. The maximum absolute atomic E-state index is 12.6. The number of nitrogens with one attached hydrogen (secondary N) is 2. The van der Waals surface area contributed by atoms with E-state index < -0.39 is 0 Å². The molecule has 1 atom stereocenters. The SMILES string of the molecule is CC(CN1CCN(C)CC1)Nc1ccc2c(c1)Sc1cccc(-c3cc(N4CCOCC4)cc(=O)[nH]3)c1S2. The van der Waals surface area contributed by atoms with Gasteiger partial charge in [-0.3, -0.25) is 9.69 Å². The number of H-pyrrole nitrogens is 1. The molecular formula is C29H35N5O2S2. The fourth-order valence-electron chi connectivity index (χ4n) is 5.33. The molecule has 2 aromatic carbocycles. The number of fused-ring (bicyclic) bond motifs is 2. The smallest absolute Gasteiger partial charge is 0.250 e. The van der Waals surface area contributed by atoms with Gasteiger partial charge in [-0.05, 0) is 44.3 Å². The largest absolute Gasteiger partial charge is 0.381 e. The van der Waals surface area contributed by atoms with Crippen molar-refractivity contribution >= 4 is 34.9 Å². The number of hydrogen-bond acceptors (Lipinski definition) is 8. The van der Waals surface area contributed by atoms with E-state index in [4.69, 9.17) is 4.74 Å². The number of ether oxygens (including phenoxy) is 1. The van der Waals surface area contributed by atoms with Crippen LogP contribution >= 0.6 is 23.5 Å². The summed E-state index contributed by atoms with van der Waals surface area (Å²) >= 11 is 3.60. The van der Waals surface area contributed by atoms with Gasteiger partial charge in [0.05, 0.1) is 18.9 Å². The predicted molar refractivity (Wildman–Crippen MR) is 157 cm³/mol. The number of hydrogen-bond donors (Lipinski definition) is 2. The summed E-state index contributed by atoms with van der Waals surface area (Å²) in [5, 5.41) is 3.72. The molecule has 0 radical (unpaired) electrons. The molecule has 0 amide bonds. The van der Waals surface area contributed by atoms with E-state index in [0.29, 0.717) is 19.3 Å². The highest BCUT2D eigenvalue weighted by Gasteiger charge is 2.23. The van der Waals surface area contributed by atoms with Gasteiger partial charge in [0.15, 0.2) is 0 Å². The Morgan fingerprint density at radius 2 is 1.76 bits per heavy atom. The summed E-state index contributed by atoms with van der Waals surface area (Å²) in [6.07, 6.45) is 0. The lowest BCUT2D eigenvalue weighted by molar-refractivity contribution is 0.122. The van der Waals surface area contributed by atoms with Gasteiger partial charge < -0.3 is 24.8 Å². The Morgan fingerprint density at radius 3 is 2.58 bits per heavy atom. The van der Waals surface area contributed by atoms with Crippen molar-refractivity contribution < 1.29 is 4.74 Å². The Morgan fingerprint density at radius 1 is 0.947 bits per heavy atom. The maximum atomic E-state index is 12.6. The number of morpholine rings is 1. The van der Waals surface area contributed by atoms with Crippen LogP contribution in [0.5, 0.6) is 0 Å². The van der Waals surface area contributed by atoms with Crippen molar-refractivity contribution in [3.8, 4) is 11.3 Å². The molecule has 38 heavy (non-hydrogen) atoms. The van der Waals surface area contributed by atoms with E-state index in [1.165, 1.54) is 25.3 Å². The fourth-order valence-corrected chi connectivity index (χ4v) is 7.74. The molecule has 0 bridgehead atoms. The summed E-state index contributed by atoms with van der Waals surface area (Å²) in [5.41, 5.74) is 3.99. The highest BCUT2D eigenvalue weighted by molar-refractivity contribution is 8.05. The molecule has 9 heteroatoms. The summed E-state index contributed by atoms with van der Waals surface area (Å²) < 4.78 is 5.50. The van der Waals surface area contributed by atoms with Gasteiger partial charge in [0.25, 0.3) is 0 Å². The molecule has 2 N–H and O–H groups in total. The second-order valence-corrected chi connectivity index (χ2v) is 12.5. The molecule has 6 rings (SSSR count). The fraction of sp³-hybridized carbons (Fsp3) is 0.414. The van der Waals surface area contributed by atoms with Crippen LogP contribution in [0.25, 0.3) is 11.3 Å². The van der Waals surface area contributed by atoms with Crippen LogP contribution in [-0.4, -0.2) is 86.9 Å². The number of aromatic amines is 1. The summed E-state index contributed by atoms with van der Waals surface area (Å²) in [7, 11) is 2.20. The Hall–Kier alpha value is -2.43. The van der Waals surface area contributed by atoms with Crippen LogP contribution in [0, 0.1) is 0 Å². The molecule has 200 valence electrons. The second kappa shape index (κ2) is 11.4. The van der Waals surface area contributed by atoms with E-state index in [2.05, 4.69) is 81.4 Å². The van der Waals surface area contributed by atoms with Crippen LogP contribution in [-0.2, 0) is 4.74 Å². The van der Waals surface area contributed by atoms with Crippen molar-refractivity contribution in [2.45, 2.75) is 32.5 Å². The van der Waals surface area contributed by atoms with Crippen LogP contribution in [0.15, 0.2) is 72.9 Å². The van der Waals surface area contributed by atoms with E-state index >= 15 is 0 Å². The van der Waals surface area contributed by atoms with Gasteiger partial charge in [0, 0.05) is 94.4 Å². The third-order valence-electron chi connectivity index (χ3n) is 7.39. The minimum atomic E-state index is -0.0723. The molecule has 4 heterocycles. The molecular weight excluding hydrogens is 514 g/mol. The van der Waals surface area contributed by atoms with Gasteiger partial charge in [-0.2, -0.15) is 0 Å². The summed E-state index contributed by atoms with van der Waals surface area (Å²) in [6, 6.07) is 17.3. The number of nitrogens with zero attached hydrogens (tertiary/aromatic N) is 3. The number of pyridine rings is 1. The third-order valence-corrected chi connectivity index (χ3v) is 9.99. The van der Waals surface area contributed by atoms with Gasteiger partial charge in [-0.1, -0.05) is 35.7 Å². The molecule has 3 aliphatic rings. The minimum absolute atomic E-state index is 0.0723. The molecule has 1 aromatic heterocycles. The first kappa shape index (κ1) is 25.8. The van der Waals surface area contributed by atoms with Gasteiger partial charge in [0.2, 0.25) is 5.56 Å². The molecule has 7 nitrogen and oxygen atoms in total. The van der Waals surface area contributed by atoms with E-state index in [0.717, 1.165) is 62.8 Å². The Labute approximate surface area is 232 Å². The molecule has 0 saturated carbocycles. The van der Waals surface area contributed by atoms with Crippen LogP contribution in [0.2, 0.25) is 0 Å². The average molecular weight is 550 g/mol. The van der Waals surface area contributed by atoms with Crippen molar-refractivity contribution in [3.63, 3.8) is 0 Å². The number of rotatable bonds is 6. The Balaban J connectivity index is 1.20. The van der Waals surface area contributed by atoms with E-state index in [9.17, 15) is 4.79 Å². The molecule has 0 aliphatic carbocycles. The van der Waals surface area contributed by atoms with Crippen LogP contribution in [0.4, 0.5) is 11.4 Å². The normalized spacial score (nSPS) is 19.1. The van der Waals surface area contributed by atoms with Gasteiger partial charge in [0.1, 0.15) is 0 Å².